The molecule has 9 nitrogen and oxygen atoms in total. The van der Waals surface area contributed by atoms with E-state index >= 15 is 0 Å². The summed E-state index contributed by atoms with van der Waals surface area (Å²) in [5.74, 6) is -2.49. The molecule has 0 bridgehead atoms. The molecule has 204 valence electrons. The molecule has 0 spiro atoms. The number of esters is 2. The number of ether oxygens (including phenoxy) is 3. The van der Waals surface area contributed by atoms with Crippen LogP contribution in [-0.4, -0.2) is 45.7 Å². The highest BCUT2D eigenvalue weighted by Crippen LogP contribution is 2.32. The van der Waals surface area contributed by atoms with E-state index in [9.17, 15) is 35.9 Å². The van der Waals surface area contributed by atoms with Crippen LogP contribution in [0.2, 0.25) is 0 Å². The zero-order valence-electron chi connectivity index (χ0n) is 19.9. The van der Waals surface area contributed by atoms with E-state index in [1.807, 2.05) is 0 Å². The van der Waals surface area contributed by atoms with Gasteiger partial charge < -0.3 is 14.2 Å². The number of alkyl halides is 6. The van der Waals surface area contributed by atoms with Gasteiger partial charge in [0.2, 0.25) is 0 Å². The Kier molecular flexibility index (Phi) is 7.09. The van der Waals surface area contributed by atoms with Crippen molar-refractivity contribution < 1.29 is 50.1 Å². The summed E-state index contributed by atoms with van der Waals surface area (Å²) >= 11 is 0. The van der Waals surface area contributed by atoms with E-state index in [4.69, 9.17) is 14.2 Å². The Bertz CT molecular complexity index is 1390. The summed E-state index contributed by atoms with van der Waals surface area (Å²) in [4.78, 5) is 25.7. The van der Waals surface area contributed by atoms with E-state index in [1.54, 1.807) is 0 Å². The molecule has 0 unspecified atom stereocenters. The summed E-state index contributed by atoms with van der Waals surface area (Å²) in [6.07, 6.45) is -9.93. The van der Waals surface area contributed by atoms with Crippen LogP contribution in [-0.2, 0) is 17.1 Å². The predicted octanol–water partition coefficient (Wildman–Crippen LogP) is 5.11. The third-order valence-electron chi connectivity index (χ3n) is 5.24. The average molecular weight is 554 g/mol. The first-order valence-corrected chi connectivity index (χ1v) is 10.7. The lowest BCUT2D eigenvalue weighted by Gasteiger charge is -2.09. The lowest BCUT2D eigenvalue weighted by molar-refractivity contribution is -0.142. The van der Waals surface area contributed by atoms with Gasteiger partial charge >= 0.3 is 24.3 Å². The summed E-state index contributed by atoms with van der Waals surface area (Å²) in [7, 11) is 2.72. The molecule has 0 fully saturated rings. The first-order valence-electron chi connectivity index (χ1n) is 10.7. The van der Waals surface area contributed by atoms with Crippen molar-refractivity contribution in [3.8, 4) is 22.9 Å². The van der Waals surface area contributed by atoms with Crippen molar-refractivity contribution in [1.82, 2.24) is 19.6 Å². The van der Waals surface area contributed by atoms with Crippen LogP contribution < -0.4 is 9.47 Å². The molecule has 39 heavy (non-hydrogen) atoms. The largest absolute Gasteiger partial charge is 0.497 e. The fourth-order valence-electron chi connectivity index (χ4n) is 3.36. The van der Waals surface area contributed by atoms with Gasteiger partial charge in [-0.1, -0.05) is 0 Å². The van der Waals surface area contributed by atoms with Gasteiger partial charge in [-0.2, -0.15) is 36.5 Å². The normalized spacial score (nSPS) is 11.8. The first kappa shape index (κ1) is 27.2. The Morgan fingerprint density at radius 2 is 0.974 bits per heavy atom. The molecule has 0 radical (unpaired) electrons. The number of methoxy groups -OCH3 is 2. The molecule has 0 amide bonds. The standard InChI is InChI=1S/C24H16F6N4O5/c1-37-15-7-3-13(4-8-15)33-17(11-19(31-33)23(25,26)27)21(35)39-22(36)18-12-20(24(28,29)30)32-34(18)14-5-9-16(38-2)10-6-14/h3-12H,1-2H3. The quantitative estimate of drug-likeness (QED) is 0.186. The molecule has 0 N–H and O–H groups in total. The second-order valence-corrected chi connectivity index (χ2v) is 7.72. The number of halogens is 6. The van der Waals surface area contributed by atoms with Crippen molar-refractivity contribution >= 4 is 11.9 Å². The van der Waals surface area contributed by atoms with Crippen molar-refractivity contribution in [2.45, 2.75) is 12.4 Å². The predicted molar refractivity (Wildman–Crippen MR) is 120 cm³/mol. The molecular formula is C24H16F6N4O5. The van der Waals surface area contributed by atoms with Gasteiger partial charge in [0.1, 0.15) is 11.5 Å². The van der Waals surface area contributed by atoms with Crippen molar-refractivity contribution in [1.29, 1.82) is 0 Å². The molecule has 0 atom stereocenters. The Labute approximate surface area is 215 Å². The Morgan fingerprint density at radius 1 is 0.641 bits per heavy atom. The van der Waals surface area contributed by atoms with Gasteiger partial charge in [-0.3, -0.25) is 0 Å². The smallest absolute Gasteiger partial charge is 0.435 e. The van der Waals surface area contributed by atoms with E-state index in [0.29, 0.717) is 33.0 Å². The van der Waals surface area contributed by atoms with Crippen molar-refractivity contribution in [3.05, 3.63) is 83.4 Å². The van der Waals surface area contributed by atoms with E-state index in [1.165, 1.54) is 62.8 Å². The van der Waals surface area contributed by atoms with Crippen LogP contribution in [0.4, 0.5) is 26.3 Å². The van der Waals surface area contributed by atoms with Crippen LogP contribution in [0.5, 0.6) is 11.5 Å². The topological polar surface area (TPSA) is 97.5 Å². The fraction of sp³-hybridized carbons (Fsp3) is 0.167. The molecule has 0 aliphatic carbocycles. The lowest BCUT2D eigenvalue weighted by Crippen LogP contribution is -2.19. The molecule has 4 rings (SSSR count). The van der Waals surface area contributed by atoms with Crippen LogP contribution in [0.1, 0.15) is 32.4 Å². The second-order valence-electron chi connectivity index (χ2n) is 7.72. The van der Waals surface area contributed by atoms with Gasteiger partial charge in [0, 0.05) is 12.1 Å². The third kappa shape index (κ3) is 5.71. The summed E-state index contributed by atoms with van der Waals surface area (Å²) in [6.45, 7) is 0. The van der Waals surface area contributed by atoms with Crippen LogP contribution in [0.25, 0.3) is 11.4 Å². The number of carbonyl (C=O) groups excluding carboxylic acids is 2. The minimum absolute atomic E-state index is 0.0201. The summed E-state index contributed by atoms with van der Waals surface area (Å²) in [6, 6.07) is 11.4. The van der Waals surface area contributed by atoms with Gasteiger partial charge in [0.15, 0.2) is 22.8 Å². The highest BCUT2D eigenvalue weighted by Gasteiger charge is 2.39. The third-order valence-corrected chi connectivity index (χ3v) is 5.24. The SMILES string of the molecule is COc1ccc(-n2nc(C(F)(F)F)cc2C(=O)OC(=O)c2cc(C(F)(F)F)nn2-c2ccc(OC)cc2)cc1. The summed E-state index contributed by atoms with van der Waals surface area (Å²) in [5.41, 5.74) is -4.61. The highest BCUT2D eigenvalue weighted by molar-refractivity contribution is 6.01. The van der Waals surface area contributed by atoms with E-state index in [-0.39, 0.29) is 11.4 Å². The van der Waals surface area contributed by atoms with E-state index in [2.05, 4.69) is 10.2 Å². The van der Waals surface area contributed by atoms with Gasteiger partial charge in [0.25, 0.3) is 0 Å². The maximum atomic E-state index is 13.4. The van der Waals surface area contributed by atoms with E-state index in [0.717, 1.165) is 0 Å². The highest BCUT2D eigenvalue weighted by atomic mass is 19.4. The van der Waals surface area contributed by atoms with Crippen molar-refractivity contribution in [3.63, 3.8) is 0 Å². The Balaban J connectivity index is 1.72. The Hall–Kier alpha value is -4.82. The molecule has 2 aromatic carbocycles. The van der Waals surface area contributed by atoms with Crippen molar-refractivity contribution in [2.75, 3.05) is 14.2 Å². The lowest BCUT2D eigenvalue weighted by atomic mass is 10.3. The van der Waals surface area contributed by atoms with Gasteiger partial charge in [-0.25, -0.2) is 19.0 Å². The molecular weight excluding hydrogens is 538 g/mol. The maximum Gasteiger partial charge on any atom is 0.435 e. The number of hydrogen-bond donors (Lipinski definition) is 0. The summed E-state index contributed by atoms with van der Waals surface area (Å²) < 4.78 is 96.1. The van der Waals surface area contributed by atoms with Gasteiger partial charge in [-0.05, 0) is 48.5 Å². The molecule has 2 aromatic heterocycles. The number of carbonyl (C=O) groups is 2. The zero-order chi connectivity index (χ0) is 28.5. The van der Waals surface area contributed by atoms with Crippen LogP contribution in [0.3, 0.4) is 0 Å². The molecule has 0 saturated heterocycles. The zero-order valence-corrected chi connectivity index (χ0v) is 19.9. The summed E-state index contributed by atoms with van der Waals surface area (Å²) in [5, 5.41) is 6.77. The number of aromatic nitrogens is 4. The minimum Gasteiger partial charge on any atom is -0.497 e. The molecule has 0 aliphatic heterocycles. The number of benzene rings is 2. The molecule has 0 saturated carbocycles. The van der Waals surface area contributed by atoms with Gasteiger partial charge in [-0.15, -0.1) is 0 Å². The average Bonchev–Trinajstić information content (AvgIpc) is 3.55. The van der Waals surface area contributed by atoms with Crippen LogP contribution in [0, 0.1) is 0 Å². The maximum absolute atomic E-state index is 13.4. The molecule has 0 aliphatic rings. The fourth-order valence-corrected chi connectivity index (χ4v) is 3.36. The molecule has 15 heteroatoms. The number of hydrogen-bond acceptors (Lipinski definition) is 7. The number of rotatable bonds is 6. The second kappa shape index (κ2) is 10.2. The monoisotopic (exact) mass is 554 g/mol. The van der Waals surface area contributed by atoms with Crippen LogP contribution in [0.15, 0.2) is 60.7 Å². The minimum atomic E-state index is -4.97. The molecule has 2 heterocycles. The number of nitrogens with zero attached hydrogens (tertiary/aromatic N) is 4. The van der Waals surface area contributed by atoms with Crippen LogP contribution >= 0.6 is 0 Å². The Morgan fingerprint density at radius 3 is 1.26 bits per heavy atom. The molecule has 4 aromatic rings. The van der Waals surface area contributed by atoms with Crippen molar-refractivity contribution in [2.24, 2.45) is 0 Å². The van der Waals surface area contributed by atoms with E-state index < -0.39 is 47.1 Å². The first-order chi connectivity index (χ1) is 18.3. The van der Waals surface area contributed by atoms with Gasteiger partial charge in [0.05, 0.1) is 25.6 Å².